The van der Waals surface area contributed by atoms with Crippen LogP contribution in [-0.2, 0) is 0 Å². The highest BCUT2D eigenvalue weighted by Gasteiger charge is 2.39. The molecule has 0 aromatic heterocycles. The van der Waals surface area contributed by atoms with Gasteiger partial charge in [0.25, 0.3) is 35.4 Å². The molecule has 6 aromatic carbocycles. The summed E-state index contributed by atoms with van der Waals surface area (Å²) in [5.74, 6) is -10.3. The first-order valence-electron chi connectivity index (χ1n) is 26.7. The van der Waals surface area contributed by atoms with Crippen molar-refractivity contribution in [2.45, 2.75) is 46.5 Å². The molecule has 2 aliphatic carbocycles. The normalized spacial score (nSPS) is 14.2. The molecule has 25 heteroatoms. The van der Waals surface area contributed by atoms with Gasteiger partial charge < -0.3 is 67.3 Å². The maximum Gasteiger partial charge on any atom is 0.336 e. The van der Waals surface area contributed by atoms with Crippen LogP contribution < -0.4 is 36.6 Å². The van der Waals surface area contributed by atoms with E-state index in [1.54, 1.807) is 55.5 Å². The number of anilines is 2. The van der Waals surface area contributed by atoms with Crippen molar-refractivity contribution >= 4 is 82.6 Å². The van der Waals surface area contributed by atoms with Crippen molar-refractivity contribution < 1.29 is 92.9 Å². The van der Waals surface area contributed by atoms with Gasteiger partial charge in [-0.2, -0.15) is 0 Å². The molecule has 0 saturated heterocycles. The van der Waals surface area contributed by atoms with Gasteiger partial charge in [0.05, 0.1) is 66.8 Å². The van der Waals surface area contributed by atoms with Crippen molar-refractivity contribution in [1.82, 2.24) is 21.3 Å². The molecule has 6 aromatic rings. The van der Waals surface area contributed by atoms with Crippen LogP contribution in [0.2, 0.25) is 0 Å². The van der Waals surface area contributed by atoms with Crippen LogP contribution in [0.1, 0.15) is 168 Å². The van der Waals surface area contributed by atoms with E-state index in [9.17, 15) is 88.2 Å². The van der Waals surface area contributed by atoms with Crippen LogP contribution in [0.15, 0.2) is 109 Å². The number of amides is 6. The third-order valence-corrected chi connectivity index (χ3v) is 14.2. The average molecular weight is 1190 g/mol. The number of carboxylic acids is 6. The van der Waals surface area contributed by atoms with Crippen LogP contribution in [0.25, 0.3) is 0 Å². The number of aryl methyl sites for hydroxylation is 2. The van der Waals surface area contributed by atoms with Crippen LogP contribution in [-0.4, -0.2) is 129 Å². The lowest BCUT2D eigenvalue weighted by atomic mass is 9.88. The minimum absolute atomic E-state index is 0.214. The summed E-state index contributed by atoms with van der Waals surface area (Å²) in [6.45, 7) is 6.18. The number of aromatic carboxylic acids is 6. The third-order valence-electron chi connectivity index (χ3n) is 14.2. The molecular formula is C62H60N6O19. The van der Waals surface area contributed by atoms with E-state index in [2.05, 4.69) is 31.9 Å². The number of ether oxygens (including phenoxy) is 1. The minimum Gasteiger partial charge on any atom is -0.478 e. The van der Waals surface area contributed by atoms with E-state index >= 15 is 0 Å². The minimum atomic E-state index is -1.51. The van der Waals surface area contributed by atoms with Crippen molar-refractivity contribution in [3.8, 4) is 11.5 Å². The summed E-state index contributed by atoms with van der Waals surface area (Å²) < 4.78 is 5.73. The molecule has 6 amide bonds. The maximum absolute atomic E-state index is 12.8. The molecule has 3 unspecified atom stereocenters. The smallest absolute Gasteiger partial charge is 0.336 e. The largest absolute Gasteiger partial charge is 0.478 e. The van der Waals surface area contributed by atoms with Gasteiger partial charge in [0.15, 0.2) is 0 Å². The summed E-state index contributed by atoms with van der Waals surface area (Å²) in [5.41, 5.74) is -1.88. The molecule has 0 heterocycles. The Morgan fingerprint density at radius 2 is 0.713 bits per heavy atom. The second kappa shape index (κ2) is 28.8. The molecule has 452 valence electrons. The topological polar surface area (TPSA) is 408 Å². The summed E-state index contributed by atoms with van der Waals surface area (Å²) in [7, 11) is 2.62. The number of carboxylic acid groups (broad SMARTS) is 6. The van der Waals surface area contributed by atoms with Gasteiger partial charge >= 0.3 is 35.8 Å². The zero-order chi connectivity index (χ0) is 64.0. The van der Waals surface area contributed by atoms with Gasteiger partial charge in [0.2, 0.25) is 0 Å². The van der Waals surface area contributed by atoms with Gasteiger partial charge in [-0.1, -0.05) is 41.8 Å². The molecule has 2 aliphatic rings. The molecule has 87 heavy (non-hydrogen) atoms. The second-order valence-corrected chi connectivity index (χ2v) is 20.0. The molecule has 0 spiro atoms. The van der Waals surface area contributed by atoms with E-state index in [0.717, 1.165) is 59.9 Å². The lowest BCUT2D eigenvalue weighted by molar-refractivity contribution is 0.0672. The Hall–Kier alpha value is -11.2. The summed E-state index contributed by atoms with van der Waals surface area (Å²) in [5, 5.41) is 71.1. The number of hydrogen-bond acceptors (Lipinski definition) is 13. The first-order chi connectivity index (χ1) is 41.2. The van der Waals surface area contributed by atoms with Crippen LogP contribution in [0.5, 0.6) is 11.5 Å². The van der Waals surface area contributed by atoms with E-state index in [1.807, 2.05) is 38.1 Å². The van der Waals surface area contributed by atoms with E-state index in [4.69, 9.17) is 4.74 Å². The van der Waals surface area contributed by atoms with E-state index in [1.165, 1.54) is 33.4 Å². The van der Waals surface area contributed by atoms with Crippen molar-refractivity contribution in [1.29, 1.82) is 0 Å². The predicted octanol–water partition coefficient (Wildman–Crippen LogP) is 7.80. The maximum atomic E-state index is 12.8. The Balaban J connectivity index is 0.000000210. The number of fused-ring (bicyclic) bond motifs is 2. The fourth-order valence-electron chi connectivity index (χ4n) is 9.84. The molecule has 0 radical (unpaired) electrons. The fraction of sp³-hybridized carbons (Fsp3) is 0.226. The van der Waals surface area contributed by atoms with Gasteiger partial charge in [-0.25, -0.2) is 28.8 Å². The number of nitrogens with one attached hydrogen (secondary N) is 6. The van der Waals surface area contributed by atoms with Gasteiger partial charge in [-0.05, 0) is 143 Å². The Bertz CT molecular complexity index is 3730. The van der Waals surface area contributed by atoms with Crippen molar-refractivity contribution in [2.75, 3.05) is 37.8 Å². The molecule has 12 N–H and O–H groups in total. The Morgan fingerprint density at radius 3 is 1.03 bits per heavy atom. The number of carbonyl (C=O) groups is 12. The first-order valence-corrected chi connectivity index (χ1v) is 26.7. The lowest BCUT2D eigenvalue weighted by Gasteiger charge is -2.22. The van der Waals surface area contributed by atoms with Gasteiger partial charge in [-0.3, -0.25) is 28.8 Å². The highest BCUT2D eigenvalue weighted by Crippen LogP contribution is 2.48. The molecule has 25 nitrogen and oxygen atoms in total. The van der Waals surface area contributed by atoms with Gasteiger partial charge in [0.1, 0.15) is 11.5 Å². The molecule has 0 aliphatic heterocycles. The highest BCUT2D eigenvalue weighted by molar-refractivity contribution is 6.17. The summed E-state index contributed by atoms with van der Waals surface area (Å²) in [4.78, 5) is 143. The van der Waals surface area contributed by atoms with E-state index in [0.29, 0.717) is 41.3 Å². The summed E-state index contributed by atoms with van der Waals surface area (Å²) >= 11 is 0. The Labute approximate surface area is 495 Å². The number of benzene rings is 6. The third kappa shape index (κ3) is 16.3. The second-order valence-electron chi connectivity index (χ2n) is 20.0. The lowest BCUT2D eigenvalue weighted by Crippen LogP contribution is -2.33. The van der Waals surface area contributed by atoms with Crippen molar-refractivity contribution in [3.05, 3.63) is 187 Å². The quantitative estimate of drug-likeness (QED) is 0.0368. The zero-order valence-corrected chi connectivity index (χ0v) is 47.4. The standard InChI is InChI=1S/C24H20N2O7.C19H22N2O6.C19H18N2O6/c1-13-3-7-15(8-4-13)33-16-9-5-14(6-10-16)26-22(28)18-11-17(21(27)25-2)19(23(29)30)12-20(18)24(31)32;1-20-16(22)12-6-13(15(19(26)27)7-14(12)18(24)25)17(23)21-8-11-5-9-2-3-10(11)4-9;1-3-20-16(22)12-8-13(15(19(26)27)9-14(12)18(24)25)17(23)21-11-6-4-10(2)5-7-11/h3-12H,1-2H3,(H,25,27)(H,26,28)(H,29,30)(H,31,32);6-7,9-11H,2-5,8H2,1H3,(H,20,22)(H,21,23)(H,24,25)(H,26,27);4-9H,3H2,1-2H3,(H,20,22)(H,21,23)(H,24,25)(H,26,27). The summed E-state index contributed by atoms with van der Waals surface area (Å²) in [6, 6.07) is 26.1. The van der Waals surface area contributed by atoms with Crippen LogP contribution in [0.4, 0.5) is 11.4 Å². The molecule has 2 saturated carbocycles. The monoisotopic (exact) mass is 1190 g/mol. The fourth-order valence-corrected chi connectivity index (χ4v) is 9.84. The number of hydrogen-bond donors (Lipinski definition) is 12. The van der Waals surface area contributed by atoms with E-state index in [-0.39, 0.29) is 39.9 Å². The van der Waals surface area contributed by atoms with Gasteiger partial charge in [0, 0.05) is 38.6 Å². The molecule has 2 fully saturated rings. The molecule has 8 rings (SSSR count). The first kappa shape index (κ1) is 64.9. The van der Waals surface area contributed by atoms with Crippen molar-refractivity contribution in [2.24, 2.45) is 17.8 Å². The van der Waals surface area contributed by atoms with Crippen LogP contribution in [0.3, 0.4) is 0 Å². The Kier molecular flexibility index (Phi) is 21.5. The average Bonchev–Trinajstić information content (AvgIpc) is 1.79. The van der Waals surface area contributed by atoms with Gasteiger partial charge in [-0.15, -0.1) is 0 Å². The Morgan fingerprint density at radius 1 is 0.402 bits per heavy atom. The predicted molar refractivity (Wildman–Crippen MR) is 312 cm³/mol. The molecule has 2 bridgehead atoms. The van der Waals surface area contributed by atoms with Crippen LogP contribution in [0, 0.1) is 31.6 Å². The van der Waals surface area contributed by atoms with Crippen molar-refractivity contribution in [3.63, 3.8) is 0 Å². The zero-order valence-electron chi connectivity index (χ0n) is 47.4. The highest BCUT2D eigenvalue weighted by atomic mass is 16.5. The molecular weight excluding hydrogens is 1130 g/mol. The number of carbonyl (C=O) groups excluding carboxylic acids is 6. The van der Waals surface area contributed by atoms with E-state index < -0.39 is 105 Å². The summed E-state index contributed by atoms with van der Waals surface area (Å²) in [6.07, 6.45) is 4.66. The number of rotatable bonds is 19. The van der Waals surface area contributed by atoms with Crippen LogP contribution >= 0.6 is 0 Å². The SMILES string of the molecule is CCNC(=O)c1cc(C(=O)Nc2ccc(C)cc2)c(C(=O)O)cc1C(=O)O.CNC(=O)c1cc(C(=O)NCC2CC3CCC2C3)c(C(=O)O)cc1C(=O)O.CNC(=O)c1cc(C(=O)Nc2ccc(Oc3ccc(C)cc3)cc2)c(C(=O)O)cc1C(=O)O. The molecule has 3 atom stereocenters.